The number of hydrogen-bond acceptors (Lipinski definition) is 6. The van der Waals surface area contributed by atoms with Crippen LogP contribution in [0.5, 0.6) is 0 Å². The summed E-state index contributed by atoms with van der Waals surface area (Å²) in [5, 5.41) is 15.6. The first-order valence-corrected chi connectivity index (χ1v) is 12.6. The van der Waals surface area contributed by atoms with Gasteiger partial charge < -0.3 is 24.6 Å². The summed E-state index contributed by atoms with van der Waals surface area (Å²) in [5.74, 6) is -2.15. The van der Waals surface area contributed by atoms with Crippen molar-refractivity contribution in [2.45, 2.75) is 89.4 Å². The predicted octanol–water partition coefficient (Wildman–Crippen LogP) is 3.80. The molecule has 5 atom stereocenters. The van der Waals surface area contributed by atoms with Gasteiger partial charge in [-0.05, 0) is 65.5 Å². The number of fused-ring (bicyclic) bond motifs is 3. The molecule has 0 bridgehead atoms. The lowest BCUT2D eigenvalue weighted by Gasteiger charge is -2.29. The fourth-order valence-corrected chi connectivity index (χ4v) is 5.46. The number of hydrogen-bond donors (Lipinski definition) is 2. The Labute approximate surface area is 202 Å². The highest BCUT2D eigenvalue weighted by molar-refractivity contribution is 5.89. The van der Waals surface area contributed by atoms with Gasteiger partial charge in [-0.15, -0.1) is 0 Å². The van der Waals surface area contributed by atoms with Gasteiger partial charge in [0, 0.05) is 24.6 Å². The van der Waals surface area contributed by atoms with Gasteiger partial charge in [-0.3, -0.25) is 4.79 Å². The molecule has 190 valence electrons. The van der Waals surface area contributed by atoms with Gasteiger partial charge in [-0.25, -0.2) is 9.59 Å². The average molecular weight is 478 g/mol. The second kappa shape index (κ2) is 12.0. The minimum absolute atomic E-state index is 0.0279. The normalized spacial score (nSPS) is 34.3. The van der Waals surface area contributed by atoms with Crippen LogP contribution in [0.2, 0.25) is 0 Å². The van der Waals surface area contributed by atoms with Crippen molar-refractivity contribution in [2.24, 2.45) is 11.8 Å². The van der Waals surface area contributed by atoms with E-state index in [4.69, 9.17) is 19.7 Å². The fourth-order valence-electron chi connectivity index (χ4n) is 5.46. The molecule has 4 rings (SSSR count). The van der Waals surface area contributed by atoms with Crippen LogP contribution in [-0.2, 0) is 23.9 Å². The van der Waals surface area contributed by atoms with E-state index in [-0.39, 0.29) is 29.7 Å². The molecule has 1 aliphatic carbocycles. The molecule has 0 aromatic carbocycles. The van der Waals surface area contributed by atoms with Crippen LogP contribution >= 0.6 is 0 Å². The van der Waals surface area contributed by atoms with Gasteiger partial charge in [0.05, 0.1) is 11.5 Å². The Morgan fingerprint density at radius 2 is 1.74 bits per heavy atom. The number of carbonyl (C=O) groups is 3. The highest BCUT2D eigenvalue weighted by Gasteiger charge is 2.62. The molecule has 3 heterocycles. The summed E-state index contributed by atoms with van der Waals surface area (Å²) in [6.07, 6.45) is 14.4. The Hall–Kier alpha value is -2.19. The highest BCUT2D eigenvalue weighted by Crippen LogP contribution is 2.50. The number of esters is 1. The van der Waals surface area contributed by atoms with Crippen LogP contribution in [0, 0.1) is 11.8 Å². The van der Waals surface area contributed by atoms with E-state index in [0.29, 0.717) is 18.1 Å². The van der Waals surface area contributed by atoms with Crippen LogP contribution in [0.25, 0.3) is 0 Å². The summed E-state index contributed by atoms with van der Waals surface area (Å²) in [7, 11) is 0. The van der Waals surface area contributed by atoms with Crippen molar-refractivity contribution in [3.8, 4) is 0 Å². The lowest BCUT2D eigenvalue weighted by molar-refractivity contribution is -0.145. The third-order valence-corrected chi connectivity index (χ3v) is 7.51. The largest absolute Gasteiger partial charge is 0.478 e. The number of allylic oxidation sites excluding steroid dienone is 2. The van der Waals surface area contributed by atoms with Crippen molar-refractivity contribution in [1.29, 1.82) is 0 Å². The molecular weight excluding hydrogens is 438 g/mol. The first-order chi connectivity index (χ1) is 16.2. The summed E-state index contributed by atoms with van der Waals surface area (Å²) in [6, 6.07) is 0. The summed E-state index contributed by atoms with van der Waals surface area (Å²) in [4.78, 5) is 34.4. The van der Waals surface area contributed by atoms with E-state index in [1.807, 2.05) is 0 Å². The first kappa shape index (κ1) is 26.4. The molecule has 0 amide bonds. The Balaban J connectivity index is 0.000000350. The number of epoxide rings is 1. The number of carboxylic acid groups (broad SMARTS) is 2. The monoisotopic (exact) mass is 477 g/mol. The van der Waals surface area contributed by atoms with Gasteiger partial charge >= 0.3 is 17.9 Å². The Morgan fingerprint density at radius 3 is 2.35 bits per heavy atom. The molecule has 3 aliphatic heterocycles. The van der Waals surface area contributed by atoms with E-state index < -0.39 is 11.9 Å². The van der Waals surface area contributed by atoms with Crippen molar-refractivity contribution in [1.82, 2.24) is 4.90 Å². The second-order valence-electron chi connectivity index (χ2n) is 10.2. The van der Waals surface area contributed by atoms with Gasteiger partial charge in [-0.1, -0.05) is 30.9 Å². The standard InChI is InChI=1S/C22H35NO3.C4H4O4/c1-16-9-8-12-22(2)20(26-22)19-17(11-10-16)18(21(24)25-19)15-23-13-6-4-3-5-7-14-23;5-3(6)1-2-4(7)8/h9,17-20H,3-8,10-15H2,1-2H3;1-2H,(H,5,6)(H,7,8)/b;2-1+/t17-,18-,19-,20-,22+;/m0./s1. The number of aliphatic carboxylic acids is 2. The van der Waals surface area contributed by atoms with Gasteiger partial charge in [-0.2, -0.15) is 0 Å². The third-order valence-electron chi connectivity index (χ3n) is 7.51. The lowest BCUT2D eigenvalue weighted by Crippen LogP contribution is -2.38. The van der Waals surface area contributed by atoms with E-state index in [1.165, 1.54) is 37.7 Å². The maximum atomic E-state index is 12.8. The number of carboxylic acids is 2. The minimum atomic E-state index is -1.26. The molecule has 8 heteroatoms. The summed E-state index contributed by atoms with van der Waals surface area (Å²) in [6.45, 7) is 7.58. The molecule has 0 unspecified atom stereocenters. The SMILES string of the molecule is CC1=CCC[C@@]2(C)O[C@H]2[C@H]2OC(=O)[C@@H](CN3CCCCCCC3)[C@@H]2CC1.O=C(O)/C=C/C(=O)O. The van der Waals surface area contributed by atoms with Crippen LogP contribution in [0.15, 0.2) is 23.8 Å². The molecule has 0 radical (unpaired) electrons. The molecule has 0 aromatic heterocycles. The van der Waals surface area contributed by atoms with Crippen molar-refractivity contribution < 1.29 is 34.1 Å². The molecular formula is C26H39NO7. The number of likely N-dealkylation sites (tertiary alicyclic amines) is 1. The van der Waals surface area contributed by atoms with Crippen molar-refractivity contribution in [3.63, 3.8) is 0 Å². The maximum absolute atomic E-state index is 12.8. The average Bonchev–Trinajstić information content (AvgIpc) is 3.32. The first-order valence-electron chi connectivity index (χ1n) is 12.6. The van der Waals surface area contributed by atoms with Crippen molar-refractivity contribution >= 4 is 17.9 Å². The van der Waals surface area contributed by atoms with E-state index in [1.54, 1.807) is 0 Å². The topological polar surface area (TPSA) is 117 Å². The maximum Gasteiger partial charge on any atom is 0.328 e. The third kappa shape index (κ3) is 7.40. The van der Waals surface area contributed by atoms with Gasteiger partial charge in [0.1, 0.15) is 12.2 Å². The van der Waals surface area contributed by atoms with E-state index >= 15 is 0 Å². The number of carbonyl (C=O) groups excluding carboxylic acids is 1. The molecule has 3 fully saturated rings. The Kier molecular flexibility index (Phi) is 9.31. The fraction of sp³-hybridized carbons (Fsp3) is 0.731. The number of ether oxygens (including phenoxy) is 2. The minimum Gasteiger partial charge on any atom is -0.478 e. The highest BCUT2D eigenvalue weighted by atomic mass is 16.6. The van der Waals surface area contributed by atoms with Gasteiger partial charge in [0.25, 0.3) is 0 Å². The van der Waals surface area contributed by atoms with Crippen LogP contribution in [0.3, 0.4) is 0 Å². The van der Waals surface area contributed by atoms with Gasteiger partial charge in [0.2, 0.25) is 0 Å². The number of nitrogens with zero attached hydrogens (tertiary/aromatic N) is 1. The molecule has 0 saturated carbocycles. The van der Waals surface area contributed by atoms with E-state index in [9.17, 15) is 14.4 Å². The summed E-state index contributed by atoms with van der Waals surface area (Å²) in [5.41, 5.74) is 1.36. The van der Waals surface area contributed by atoms with E-state index in [2.05, 4.69) is 24.8 Å². The lowest BCUT2D eigenvalue weighted by atomic mass is 9.80. The molecule has 2 N–H and O–H groups in total. The molecule has 34 heavy (non-hydrogen) atoms. The van der Waals surface area contributed by atoms with Gasteiger partial charge in [0.15, 0.2) is 0 Å². The van der Waals surface area contributed by atoms with Crippen molar-refractivity contribution in [3.05, 3.63) is 23.8 Å². The molecule has 3 saturated heterocycles. The summed E-state index contributed by atoms with van der Waals surface area (Å²) >= 11 is 0. The molecule has 0 spiro atoms. The van der Waals surface area contributed by atoms with Crippen LogP contribution in [0.4, 0.5) is 0 Å². The van der Waals surface area contributed by atoms with Crippen LogP contribution < -0.4 is 0 Å². The van der Waals surface area contributed by atoms with Crippen LogP contribution in [-0.4, -0.2) is 70.5 Å². The van der Waals surface area contributed by atoms with E-state index in [0.717, 1.165) is 45.3 Å². The number of rotatable bonds is 4. The zero-order valence-corrected chi connectivity index (χ0v) is 20.4. The Morgan fingerprint density at radius 1 is 1.12 bits per heavy atom. The Bertz CT molecular complexity index is 783. The second-order valence-corrected chi connectivity index (χ2v) is 10.2. The van der Waals surface area contributed by atoms with Crippen LogP contribution in [0.1, 0.15) is 71.6 Å². The summed E-state index contributed by atoms with van der Waals surface area (Å²) < 4.78 is 12.0. The zero-order valence-electron chi connectivity index (χ0n) is 20.4. The molecule has 4 aliphatic rings. The smallest absolute Gasteiger partial charge is 0.328 e. The zero-order chi connectivity index (χ0) is 24.7. The predicted molar refractivity (Wildman–Crippen MR) is 126 cm³/mol. The van der Waals surface area contributed by atoms with Crippen molar-refractivity contribution in [2.75, 3.05) is 19.6 Å². The molecule has 8 nitrogen and oxygen atoms in total. The quantitative estimate of drug-likeness (QED) is 0.272. The molecule has 0 aromatic rings.